The van der Waals surface area contributed by atoms with Crippen molar-refractivity contribution in [3.63, 3.8) is 0 Å². The Morgan fingerprint density at radius 2 is 1.97 bits per heavy atom. The monoisotopic (exact) mass is 564 g/mol. The average molecular weight is 564 g/mol. The molecular formula is C17H28F3IN6O2S. The second kappa shape index (κ2) is 12.0. The van der Waals surface area contributed by atoms with Crippen molar-refractivity contribution >= 4 is 40.0 Å². The van der Waals surface area contributed by atoms with E-state index in [2.05, 4.69) is 20.0 Å². The molecule has 0 aliphatic carbocycles. The lowest BCUT2D eigenvalue weighted by Crippen LogP contribution is -2.56. The molecule has 0 amide bonds. The summed E-state index contributed by atoms with van der Waals surface area (Å²) in [5.41, 5.74) is 0. The van der Waals surface area contributed by atoms with Gasteiger partial charge in [0.2, 0.25) is 10.0 Å². The zero-order valence-electron chi connectivity index (χ0n) is 16.9. The molecule has 0 bridgehead atoms. The van der Waals surface area contributed by atoms with E-state index in [4.69, 9.17) is 0 Å². The highest BCUT2D eigenvalue weighted by Gasteiger charge is 2.41. The van der Waals surface area contributed by atoms with E-state index in [1.807, 2.05) is 11.8 Å². The number of halogens is 4. The van der Waals surface area contributed by atoms with Crippen molar-refractivity contribution in [1.82, 2.24) is 24.8 Å². The Morgan fingerprint density at radius 3 is 2.50 bits per heavy atom. The van der Waals surface area contributed by atoms with Crippen LogP contribution >= 0.6 is 24.0 Å². The van der Waals surface area contributed by atoms with E-state index < -0.39 is 22.2 Å². The molecule has 2 N–H and O–H groups in total. The molecule has 0 radical (unpaired) electrons. The number of alkyl halides is 3. The number of pyridine rings is 1. The number of rotatable bonds is 7. The maximum atomic E-state index is 12.9. The maximum Gasteiger partial charge on any atom is 0.403 e. The summed E-state index contributed by atoms with van der Waals surface area (Å²) in [4.78, 5) is 11.6. The zero-order valence-corrected chi connectivity index (χ0v) is 20.0. The van der Waals surface area contributed by atoms with Gasteiger partial charge in [0.15, 0.2) is 5.96 Å². The number of aliphatic imine (C=N–C) groups is 1. The minimum atomic E-state index is -4.24. The van der Waals surface area contributed by atoms with Crippen LogP contribution in [0, 0.1) is 0 Å². The largest absolute Gasteiger partial charge is 0.403 e. The fourth-order valence-electron chi connectivity index (χ4n) is 2.89. The fourth-order valence-corrected chi connectivity index (χ4v) is 3.87. The summed E-state index contributed by atoms with van der Waals surface area (Å²) in [5.74, 6) is 0.562. The van der Waals surface area contributed by atoms with Gasteiger partial charge in [-0.1, -0.05) is 0 Å². The van der Waals surface area contributed by atoms with Crippen LogP contribution in [-0.2, 0) is 10.0 Å². The molecule has 0 aromatic carbocycles. The molecule has 1 unspecified atom stereocenters. The third-order valence-corrected chi connectivity index (χ3v) is 6.03. The van der Waals surface area contributed by atoms with Crippen LogP contribution in [0.25, 0.3) is 0 Å². The van der Waals surface area contributed by atoms with Crippen LogP contribution in [-0.4, -0.2) is 87.2 Å². The first-order valence-corrected chi connectivity index (χ1v) is 10.9. The molecule has 8 nitrogen and oxygen atoms in total. The van der Waals surface area contributed by atoms with Crippen molar-refractivity contribution in [2.45, 2.75) is 31.0 Å². The van der Waals surface area contributed by atoms with Gasteiger partial charge in [0.25, 0.3) is 0 Å². The van der Waals surface area contributed by atoms with Crippen molar-refractivity contribution in [1.29, 1.82) is 0 Å². The van der Waals surface area contributed by atoms with Gasteiger partial charge in [-0.2, -0.15) is 13.2 Å². The normalized spacial score (nSPS) is 17.4. The van der Waals surface area contributed by atoms with Gasteiger partial charge in [0.05, 0.1) is 6.54 Å². The summed E-state index contributed by atoms with van der Waals surface area (Å²) in [7, 11) is -3.66. The fraction of sp³-hybridized carbons (Fsp3) is 0.647. The summed E-state index contributed by atoms with van der Waals surface area (Å²) in [5, 5.41) is 3.10. The van der Waals surface area contributed by atoms with Gasteiger partial charge in [-0.15, -0.1) is 24.0 Å². The van der Waals surface area contributed by atoms with Gasteiger partial charge in [0.1, 0.15) is 10.9 Å². The van der Waals surface area contributed by atoms with Crippen LogP contribution in [0.4, 0.5) is 13.2 Å². The summed E-state index contributed by atoms with van der Waals surface area (Å²) in [6.45, 7) is 5.32. The number of hydrogen-bond donors (Lipinski definition) is 2. The lowest BCUT2D eigenvalue weighted by atomic mass is 10.2. The van der Waals surface area contributed by atoms with E-state index in [9.17, 15) is 21.6 Å². The lowest BCUT2D eigenvalue weighted by molar-refractivity contribution is -0.181. The van der Waals surface area contributed by atoms with Crippen LogP contribution in [0.15, 0.2) is 34.4 Å². The smallest absolute Gasteiger partial charge is 0.357 e. The van der Waals surface area contributed by atoms with Gasteiger partial charge < -0.3 is 10.2 Å². The Labute approximate surface area is 192 Å². The SMILES string of the molecule is CCNC(=NCCNS(=O)(=O)c1cccnc1)N1CCN(C(C)C(F)(F)F)CC1.I. The van der Waals surface area contributed by atoms with Gasteiger partial charge in [0, 0.05) is 51.7 Å². The molecule has 1 atom stereocenters. The first-order valence-electron chi connectivity index (χ1n) is 9.39. The molecule has 2 rings (SSSR count). The van der Waals surface area contributed by atoms with E-state index >= 15 is 0 Å². The molecule has 13 heteroatoms. The van der Waals surface area contributed by atoms with Crippen LogP contribution in [0.2, 0.25) is 0 Å². The van der Waals surface area contributed by atoms with Crippen molar-refractivity contribution < 1.29 is 21.6 Å². The van der Waals surface area contributed by atoms with E-state index in [-0.39, 0.29) is 55.1 Å². The van der Waals surface area contributed by atoms with Crippen LogP contribution < -0.4 is 10.0 Å². The zero-order chi connectivity index (χ0) is 21.5. The van der Waals surface area contributed by atoms with E-state index in [1.165, 1.54) is 36.4 Å². The Hall–Kier alpha value is -1.19. The summed E-state index contributed by atoms with van der Waals surface area (Å²) in [6.07, 6.45) is -1.50. The molecule has 172 valence electrons. The molecule has 1 saturated heterocycles. The molecule has 2 heterocycles. The molecule has 1 aromatic heterocycles. The number of guanidine groups is 1. The van der Waals surface area contributed by atoms with E-state index in [0.717, 1.165) is 0 Å². The molecule has 30 heavy (non-hydrogen) atoms. The molecule has 1 aliphatic rings. The highest BCUT2D eigenvalue weighted by Crippen LogP contribution is 2.25. The predicted molar refractivity (Wildman–Crippen MR) is 119 cm³/mol. The first-order chi connectivity index (χ1) is 13.6. The maximum absolute atomic E-state index is 12.9. The predicted octanol–water partition coefficient (Wildman–Crippen LogP) is 1.51. The van der Waals surface area contributed by atoms with Crippen molar-refractivity contribution in [3.05, 3.63) is 24.5 Å². The molecule has 1 aromatic rings. The Morgan fingerprint density at radius 1 is 1.30 bits per heavy atom. The number of sulfonamides is 1. The minimum Gasteiger partial charge on any atom is -0.357 e. The molecule has 1 aliphatic heterocycles. The standard InChI is InChI=1S/C17H27F3N6O2S.HI/c1-3-22-16(26-11-9-25(10-12-26)14(2)17(18,19)20)23-7-8-24-29(27,28)15-5-4-6-21-13-15;/h4-6,13-14,24H,3,7-12H2,1-2H3,(H,22,23);1H. The van der Waals surface area contributed by atoms with Crippen molar-refractivity contribution in [2.75, 3.05) is 45.8 Å². The Kier molecular flexibility index (Phi) is 10.7. The van der Waals surface area contributed by atoms with Gasteiger partial charge >= 0.3 is 6.18 Å². The first kappa shape index (κ1) is 26.8. The second-order valence-corrected chi connectivity index (χ2v) is 8.33. The summed E-state index contributed by atoms with van der Waals surface area (Å²) < 4.78 is 65.4. The third-order valence-electron chi connectivity index (χ3n) is 4.58. The van der Waals surface area contributed by atoms with Gasteiger partial charge in [-0.3, -0.25) is 14.9 Å². The third kappa shape index (κ3) is 7.81. The van der Waals surface area contributed by atoms with Crippen molar-refractivity contribution in [2.24, 2.45) is 4.99 Å². The molecule has 1 fully saturated rings. The molecule has 0 spiro atoms. The summed E-state index contributed by atoms with van der Waals surface area (Å²) in [6, 6.07) is 1.50. The van der Waals surface area contributed by atoms with Crippen LogP contribution in [0.3, 0.4) is 0 Å². The van der Waals surface area contributed by atoms with Gasteiger partial charge in [-0.25, -0.2) is 13.1 Å². The Balaban J connectivity index is 0.00000450. The van der Waals surface area contributed by atoms with Gasteiger partial charge in [-0.05, 0) is 26.0 Å². The van der Waals surface area contributed by atoms with E-state index in [0.29, 0.717) is 25.6 Å². The second-order valence-electron chi connectivity index (χ2n) is 6.56. The number of piperazine rings is 1. The van der Waals surface area contributed by atoms with Crippen LogP contribution in [0.1, 0.15) is 13.8 Å². The highest BCUT2D eigenvalue weighted by molar-refractivity contribution is 14.0. The summed E-state index contributed by atoms with van der Waals surface area (Å²) >= 11 is 0. The van der Waals surface area contributed by atoms with Crippen LogP contribution in [0.5, 0.6) is 0 Å². The minimum absolute atomic E-state index is 0. The quantitative estimate of drug-likeness (QED) is 0.226. The highest BCUT2D eigenvalue weighted by atomic mass is 127. The number of aromatic nitrogens is 1. The average Bonchev–Trinajstić information content (AvgIpc) is 2.70. The van der Waals surface area contributed by atoms with E-state index in [1.54, 1.807) is 0 Å². The lowest BCUT2D eigenvalue weighted by Gasteiger charge is -2.39. The Bertz CT molecular complexity index is 771. The molecule has 0 saturated carbocycles. The van der Waals surface area contributed by atoms with Crippen molar-refractivity contribution in [3.8, 4) is 0 Å². The number of nitrogens with one attached hydrogen (secondary N) is 2. The number of hydrogen-bond acceptors (Lipinski definition) is 5. The number of nitrogens with zero attached hydrogens (tertiary/aromatic N) is 4. The topological polar surface area (TPSA) is 89.9 Å². The molecular weight excluding hydrogens is 536 g/mol.